The maximum absolute atomic E-state index is 12.7. The van der Waals surface area contributed by atoms with Crippen molar-refractivity contribution >= 4 is 17.8 Å². The van der Waals surface area contributed by atoms with Gasteiger partial charge >= 0.3 is 12.1 Å². The van der Waals surface area contributed by atoms with Crippen molar-refractivity contribution in [3.63, 3.8) is 0 Å². The highest BCUT2D eigenvalue weighted by Crippen LogP contribution is 2.32. The van der Waals surface area contributed by atoms with Gasteiger partial charge in [0.1, 0.15) is 6.42 Å². The van der Waals surface area contributed by atoms with Crippen molar-refractivity contribution in [2.24, 2.45) is 0 Å². The summed E-state index contributed by atoms with van der Waals surface area (Å²) in [6, 6.07) is 4.89. The zero-order valence-corrected chi connectivity index (χ0v) is 11.4. The first-order valence-electron chi connectivity index (χ1n) is 6.37. The van der Waals surface area contributed by atoms with Gasteiger partial charge in [-0.3, -0.25) is 9.59 Å². The topological polar surface area (TPSA) is 43.4 Å². The van der Waals surface area contributed by atoms with Crippen LogP contribution in [0.1, 0.15) is 30.9 Å². The summed E-state index contributed by atoms with van der Waals surface area (Å²) in [5.41, 5.74) is -0.956. The number of carbonyl (C=O) groups is 2. The van der Waals surface area contributed by atoms with E-state index in [9.17, 15) is 22.8 Å². The molecule has 0 bridgehead atoms. The van der Waals surface area contributed by atoms with Crippen LogP contribution in [0.15, 0.2) is 30.3 Å². The molecule has 6 heteroatoms. The zero-order chi connectivity index (χ0) is 15.9. The van der Waals surface area contributed by atoms with Gasteiger partial charge in [0.05, 0.1) is 12.2 Å². The largest absolute Gasteiger partial charge is 0.465 e. The van der Waals surface area contributed by atoms with Gasteiger partial charge in [0.2, 0.25) is 0 Å². The number of benzene rings is 1. The second-order valence-corrected chi connectivity index (χ2v) is 4.28. The van der Waals surface area contributed by atoms with E-state index in [2.05, 4.69) is 0 Å². The Morgan fingerprint density at radius 1 is 1.24 bits per heavy atom. The van der Waals surface area contributed by atoms with E-state index in [1.807, 2.05) is 6.92 Å². The van der Waals surface area contributed by atoms with E-state index in [4.69, 9.17) is 4.74 Å². The third-order valence-corrected chi connectivity index (χ3v) is 2.50. The minimum Gasteiger partial charge on any atom is -0.465 e. The number of hydrogen-bond donors (Lipinski definition) is 0. The molecular formula is C15H15F3O3. The average Bonchev–Trinajstić information content (AvgIpc) is 2.42. The molecule has 0 heterocycles. The lowest BCUT2D eigenvalue weighted by Crippen LogP contribution is -2.10. The first kappa shape index (κ1) is 16.9. The molecule has 1 rings (SSSR count). The van der Waals surface area contributed by atoms with Crippen LogP contribution in [0.4, 0.5) is 13.2 Å². The second kappa shape index (κ2) is 7.61. The number of ether oxygens (including phenoxy) is 1. The Bertz CT molecular complexity index is 533. The molecule has 0 aliphatic carbocycles. The Kier molecular flexibility index (Phi) is 6.14. The van der Waals surface area contributed by atoms with Crippen LogP contribution < -0.4 is 0 Å². The monoisotopic (exact) mass is 300 g/mol. The predicted octanol–water partition coefficient (Wildman–Crippen LogP) is 3.63. The molecule has 0 amide bonds. The van der Waals surface area contributed by atoms with Gasteiger partial charge < -0.3 is 4.74 Å². The Labute approximate surface area is 120 Å². The maximum Gasteiger partial charge on any atom is 0.416 e. The highest BCUT2D eigenvalue weighted by Gasteiger charge is 2.32. The van der Waals surface area contributed by atoms with Gasteiger partial charge in [-0.05, 0) is 24.1 Å². The van der Waals surface area contributed by atoms with Crippen LogP contribution in [0.2, 0.25) is 0 Å². The summed E-state index contributed by atoms with van der Waals surface area (Å²) in [5, 5.41) is 0. The van der Waals surface area contributed by atoms with Gasteiger partial charge in [-0.25, -0.2) is 0 Å². The summed E-state index contributed by atoms with van der Waals surface area (Å²) < 4.78 is 42.9. The van der Waals surface area contributed by atoms with Crippen molar-refractivity contribution in [2.45, 2.75) is 25.9 Å². The van der Waals surface area contributed by atoms with Crippen LogP contribution in [0.3, 0.4) is 0 Å². The summed E-state index contributed by atoms with van der Waals surface area (Å²) in [7, 11) is 0. The second-order valence-electron chi connectivity index (χ2n) is 4.28. The van der Waals surface area contributed by atoms with Crippen LogP contribution >= 0.6 is 0 Å². The fourth-order valence-corrected chi connectivity index (χ4v) is 1.55. The first-order valence-corrected chi connectivity index (χ1v) is 6.37. The molecule has 0 saturated carbocycles. The normalized spacial score (nSPS) is 11.6. The Morgan fingerprint density at radius 2 is 1.90 bits per heavy atom. The molecule has 0 unspecified atom stereocenters. The quantitative estimate of drug-likeness (QED) is 0.458. The predicted molar refractivity (Wildman–Crippen MR) is 71.4 cm³/mol. The summed E-state index contributed by atoms with van der Waals surface area (Å²) in [6.45, 7) is 2.02. The van der Waals surface area contributed by atoms with Crippen molar-refractivity contribution in [3.8, 4) is 0 Å². The molecule has 0 atom stereocenters. The fraction of sp³-hybridized carbons (Fsp3) is 0.333. The lowest BCUT2D eigenvalue weighted by atomic mass is 10.1. The molecule has 21 heavy (non-hydrogen) atoms. The van der Waals surface area contributed by atoms with Crippen molar-refractivity contribution in [1.29, 1.82) is 0 Å². The molecule has 0 aliphatic heterocycles. The standard InChI is InChI=1S/C15H15F3O3/c1-2-9-21-14(20)10-12(19)8-7-11-5-3-4-6-13(11)15(16,17)18/h3-8H,2,9-10H2,1H3. The van der Waals surface area contributed by atoms with E-state index in [0.29, 0.717) is 6.42 Å². The Hall–Kier alpha value is -2.11. The Morgan fingerprint density at radius 3 is 2.52 bits per heavy atom. The van der Waals surface area contributed by atoms with E-state index in [0.717, 1.165) is 18.2 Å². The van der Waals surface area contributed by atoms with Crippen molar-refractivity contribution in [3.05, 3.63) is 41.5 Å². The molecule has 1 aromatic rings. The molecular weight excluding hydrogens is 285 g/mol. The van der Waals surface area contributed by atoms with Crippen molar-refractivity contribution in [2.75, 3.05) is 6.61 Å². The number of allylic oxidation sites excluding steroid dienone is 1. The molecule has 0 aromatic heterocycles. The molecule has 0 aliphatic rings. The lowest BCUT2D eigenvalue weighted by Gasteiger charge is -2.09. The van der Waals surface area contributed by atoms with Gasteiger partial charge in [0.15, 0.2) is 5.78 Å². The van der Waals surface area contributed by atoms with E-state index in [-0.39, 0.29) is 12.2 Å². The van der Waals surface area contributed by atoms with Crippen LogP contribution in [0, 0.1) is 0 Å². The Balaban J connectivity index is 2.73. The van der Waals surface area contributed by atoms with Crippen LogP contribution in [0.25, 0.3) is 6.08 Å². The van der Waals surface area contributed by atoms with Crippen LogP contribution in [-0.4, -0.2) is 18.4 Å². The highest BCUT2D eigenvalue weighted by molar-refractivity contribution is 6.04. The number of hydrogen-bond acceptors (Lipinski definition) is 3. The molecule has 0 N–H and O–H groups in total. The number of halogens is 3. The van der Waals surface area contributed by atoms with Gasteiger partial charge in [-0.15, -0.1) is 0 Å². The third kappa shape index (κ3) is 5.81. The molecule has 0 spiro atoms. The summed E-state index contributed by atoms with van der Waals surface area (Å²) in [5.74, 6) is -1.29. The van der Waals surface area contributed by atoms with Crippen LogP contribution in [0.5, 0.6) is 0 Å². The van der Waals surface area contributed by atoms with Gasteiger partial charge in [-0.1, -0.05) is 31.2 Å². The van der Waals surface area contributed by atoms with E-state index < -0.39 is 29.9 Å². The highest BCUT2D eigenvalue weighted by atomic mass is 19.4. The molecule has 3 nitrogen and oxygen atoms in total. The molecule has 1 aromatic carbocycles. The zero-order valence-electron chi connectivity index (χ0n) is 11.4. The number of alkyl halides is 3. The van der Waals surface area contributed by atoms with Gasteiger partial charge in [0, 0.05) is 0 Å². The molecule has 0 saturated heterocycles. The fourth-order valence-electron chi connectivity index (χ4n) is 1.55. The summed E-state index contributed by atoms with van der Waals surface area (Å²) >= 11 is 0. The first-order chi connectivity index (χ1) is 9.84. The molecule has 114 valence electrons. The van der Waals surface area contributed by atoms with Gasteiger partial charge in [-0.2, -0.15) is 13.2 Å². The van der Waals surface area contributed by atoms with Gasteiger partial charge in [0.25, 0.3) is 0 Å². The van der Waals surface area contributed by atoms with E-state index >= 15 is 0 Å². The maximum atomic E-state index is 12.7. The minimum absolute atomic E-state index is 0.125. The van der Waals surface area contributed by atoms with Crippen LogP contribution in [-0.2, 0) is 20.5 Å². The number of carbonyl (C=O) groups excluding carboxylic acids is 2. The summed E-state index contributed by atoms with van der Waals surface area (Å²) in [6.07, 6.45) is -2.33. The SMILES string of the molecule is CCCOC(=O)CC(=O)C=Cc1ccccc1C(F)(F)F. The van der Waals surface area contributed by atoms with Crippen molar-refractivity contribution in [1.82, 2.24) is 0 Å². The number of rotatable bonds is 6. The lowest BCUT2D eigenvalue weighted by molar-refractivity contribution is -0.145. The molecule has 0 fully saturated rings. The average molecular weight is 300 g/mol. The van der Waals surface area contributed by atoms with E-state index in [1.165, 1.54) is 18.2 Å². The minimum atomic E-state index is -4.50. The van der Waals surface area contributed by atoms with Crippen molar-refractivity contribution < 1.29 is 27.5 Å². The number of ketones is 1. The molecule has 0 radical (unpaired) electrons. The smallest absolute Gasteiger partial charge is 0.416 e. The summed E-state index contributed by atoms with van der Waals surface area (Å²) in [4.78, 5) is 22.7. The third-order valence-electron chi connectivity index (χ3n) is 2.50. The van der Waals surface area contributed by atoms with E-state index in [1.54, 1.807) is 0 Å². The number of esters is 1.